The predicted molar refractivity (Wildman–Crippen MR) is 153 cm³/mol. The number of rotatable bonds is 10. The number of likely N-dealkylation sites (N-methyl/N-ethyl adjacent to an activating group) is 1. The number of carbonyl (C=O) groups excluding carboxylic acids is 1. The molecule has 0 saturated carbocycles. The van der Waals surface area contributed by atoms with E-state index in [1.54, 1.807) is 18.2 Å². The van der Waals surface area contributed by atoms with Crippen LogP contribution in [0.2, 0.25) is 5.02 Å². The first-order valence-electron chi connectivity index (χ1n) is 13.1. The zero-order valence-corrected chi connectivity index (χ0v) is 22.6. The third-order valence-electron chi connectivity index (χ3n) is 7.23. The number of amides is 1. The number of hydrogen-bond acceptors (Lipinski definition) is 4. The van der Waals surface area contributed by atoms with Crippen LogP contribution in [0.15, 0.2) is 83.9 Å². The van der Waals surface area contributed by atoms with Crippen molar-refractivity contribution in [2.75, 3.05) is 18.4 Å². The highest BCUT2D eigenvalue weighted by atomic mass is 35.5. The largest absolute Gasteiger partial charge is 0.481 e. The molecular formula is C31H34ClN3O3. The molecule has 7 heteroatoms. The average Bonchev–Trinajstić information content (AvgIpc) is 3.30. The molecule has 0 aliphatic carbocycles. The summed E-state index contributed by atoms with van der Waals surface area (Å²) in [6.45, 7) is 5.74. The van der Waals surface area contributed by atoms with Crippen molar-refractivity contribution in [3.63, 3.8) is 0 Å². The summed E-state index contributed by atoms with van der Waals surface area (Å²) in [5, 5.41) is 13.3. The molecule has 2 atom stereocenters. The van der Waals surface area contributed by atoms with Gasteiger partial charge in [-0.25, -0.2) is 0 Å². The lowest BCUT2D eigenvalue weighted by molar-refractivity contribution is -0.137. The van der Waals surface area contributed by atoms with E-state index in [9.17, 15) is 14.7 Å². The van der Waals surface area contributed by atoms with Gasteiger partial charge in [-0.2, -0.15) is 0 Å². The van der Waals surface area contributed by atoms with Crippen LogP contribution in [-0.4, -0.2) is 52.3 Å². The van der Waals surface area contributed by atoms with Crippen LogP contribution in [0.1, 0.15) is 49.8 Å². The number of carbonyl (C=O) groups is 2. The van der Waals surface area contributed by atoms with Gasteiger partial charge >= 0.3 is 5.97 Å². The molecule has 2 N–H and O–H groups in total. The summed E-state index contributed by atoms with van der Waals surface area (Å²) < 4.78 is 0. The number of likely N-dealkylation sites (tertiary alicyclic amines) is 1. The van der Waals surface area contributed by atoms with Crippen molar-refractivity contribution in [1.82, 2.24) is 4.90 Å². The van der Waals surface area contributed by atoms with Crippen LogP contribution < -0.4 is 5.32 Å². The molecule has 1 aliphatic heterocycles. The van der Waals surface area contributed by atoms with Crippen molar-refractivity contribution in [2.45, 2.75) is 51.1 Å². The highest BCUT2D eigenvalue weighted by Gasteiger charge is 2.42. The van der Waals surface area contributed by atoms with Crippen molar-refractivity contribution >= 4 is 34.9 Å². The van der Waals surface area contributed by atoms with Gasteiger partial charge in [0.05, 0.1) is 29.4 Å². The fourth-order valence-corrected chi connectivity index (χ4v) is 5.36. The molecule has 3 aromatic carbocycles. The number of aliphatic carboxylic acids is 1. The summed E-state index contributed by atoms with van der Waals surface area (Å²) >= 11 is 6.47. The molecule has 4 rings (SSSR count). The molecular weight excluding hydrogens is 498 g/mol. The highest BCUT2D eigenvalue weighted by molar-refractivity contribution is 6.31. The monoisotopic (exact) mass is 531 g/mol. The van der Waals surface area contributed by atoms with Crippen molar-refractivity contribution in [3.8, 4) is 0 Å². The number of carboxylic acid groups (broad SMARTS) is 1. The summed E-state index contributed by atoms with van der Waals surface area (Å²) in [4.78, 5) is 32.6. The Bertz CT molecular complexity index is 1300. The lowest BCUT2D eigenvalue weighted by Gasteiger charge is -2.33. The van der Waals surface area contributed by atoms with Crippen LogP contribution in [0.25, 0.3) is 0 Å². The number of nitrogens with zero attached hydrogens (tertiary/aromatic N) is 2. The number of nitrogens with one attached hydrogen (secondary N) is 1. The maximum atomic E-state index is 13.6. The molecule has 0 bridgehead atoms. The second-order valence-electron chi connectivity index (χ2n) is 9.89. The van der Waals surface area contributed by atoms with E-state index in [0.717, 1.165) is 37.1 Å². The Morgan fingerprint density at radius 3 is 2.42 bits per heavy atom. The van der Waals surface area contributed by atoms with E-state index in [1.807, 2.05) is 67.6 Å². The van der Waals surface area contributed by atoms with Crippen LogP contribution in [0, 0.1) is 0 Å². The van der Waals surface area contributed by atoms with E-state index >= 15 is 0 Å². The second-order valence-corrected chi connectivity index (χ2v) is 10.3. The van der Waals surface area contributed by atoms with Crippen molar-refractivity contribution in [2.24, 2.45) is 4.99 Å². The van der Waals surface area contributed by atoms with Gasteiger partial charge in [0.25, 0.3) is 0 Å². The number of hydrogen-bond donors (Lipinski definition) is 2. The zero-order chi connectivity index (χ0) is 27.1. The predicted octanol–water partition coefficient (Wildman–Crippen LogP) is 6.08. The Morgan fingerprint density at radius 2 is 1.76 bits per heavy atom. The van der Waals surface area contributed by atoms with Gasteiger partial charge in [0.2, 0.25) is 5.91 Å². The number of carboxylic acids is 1. The average molecular weight is 532 g/mol. The molecule has 1 aliphatic rings. The molecule has 1 amide bonds. The topological polar surface area (TPSA) is 82.0 Å². The van der Waals surface area contributed by atoms with E-state index in [-0.39, 0.29) is 12.3 Å². The van der Waals surface area contributed by atoms with Gasteiger partial charge < -0.3 is 10.4 Å². The molecule has 0 unspecified atom stereocenters. The summed E-state index contributed by atoms with van der Waals surface area (Å²) in [5.74, 6) is -0.991. The van der Waals surface area contributed by atoms with E-state index in [1.165, 1.54) is 0 Å². The van der Waals surface area contributed by atoms with E-state index in [4.69, 9.17) is 16.6 Å². The third-order valence-corrected chi connectivity index (χ3v) is 7.46. The maximum Gasteiger partial charge on any atom is 0.305 e. The molecule has 3 aromatic rings. The molecule has 0 radical (unpaired) electrons. The number of anilines is 1. The van der Waals surface area contributed by atoms with Crippen LogP contribution in [0.5, 0.6) is 0 Å². The molecule has 1 fully saturated rings. The lowest BCUT2D eigenvalue weighted by Crippen LogP contribution is -2.50. The normalized spacial score (nSPS) is 18.8. The lowest BCUT2D eigenvalue weighted by atomic mass is 9.95. The van der Waals surface area contributed by atoms with Gasteiger partial charge in [-0.05, 0) is 63.0 Å². The minimum Gasteiger partial charge on any atom is -0.481 e. The van der Waals surface area contributed by atoms with Gasteiger partial charge in [0.1, 0.15) is 0 Å². The molecule has 1 saturated heterocycles. The smallest absolute Gasteiger partial charge is 0.305 e. The second kappa shape index (κ2) is 12.4. The Labute approximate surface area is 229 Å². The van der Waals surface area contributed by atoms with Crippen molar-refractivity contribution < 1.29 is 14.7 Å². The Hall–Kier alpha value is -3.48. The molecule has 0 aromatic heterocycles. The van der Waals surface area contributed by atoms with Gasteiger partial charge in [-0.1, -0.05) is 79.2 Å². The van der Waals surface area contributed by atoms with Gasteiger partial charge in [-0.3, -0.25) is 19.5 Å². The minimum absolute atomic E-state index is 0.0702. The van der Waals surface area contributed by atoms with Crippen molar-refractivity contribution in [1.29, 1.82) is 0 Å². The quantitative estimate of drug-likeness (QED) is 0.311. The Kier molecular flexibility index (Phi) is 8.97. The molecule has 6 nitrogen and oxygen atoms in total. The van der Waals surface area contributed by atoms with Crippen LogP contribution in [-0.2, 0) is 16.0 Å². The molecule has 198 valence electrons. The van der Waals surface area contributed by atoms with E-state index in [0.29, 0.717) is 28.4 Å². The molecule has 38 heavy (non-hydrogen) atoms. The summed E-state index contributed by atoms with van der Waals surface area (Å²) in [6.07, 6.45) is 2.09. The van der Waals surface area contributed by atoms with Crippen LogP contribution in [0.4, 0.5) is 5.69 Å². The molecule has 0 spiro atoms. The number of aliphatic imine (C=N–C) groups is 1. The number of benzene rings is 3. The fourth-order valence-electron chi connectivity index (χ4n) is 5.19. The van der Waals surface area contributed by atoms with Crippen molar-refractivity contribution in [3.05, 3.63) is 101 Å². The zero-order valence-electron chi connectivity index (χ0n) is 21.9. The summed E-state index contributed by atoms with van der Waals surface area (Å²) in [5.41, 5.74) is 3.06. The first-order chi connectivity index (χ1) is 18.3. The van der Waals surface area contributed by atoms with Crippen LogP contribution in [0.3, 0.4) is 0 Å². The Balaban J connectivity index is 1.78. The summed E-state index contributed by atoms with van der Waals surface area (Å²) in [6, 6.07) is 24.2. The third kappa shape index (κ3) is 6.50. The minimum atomic E-state index is -0.921. The van der Waals surface area contributed by atoms with E-state index < -0.39 is 17.6 Å². The first kappa shape index (κ1) is 27.6. The maximum absolute atomic E-state index is 13.6. The molecule has 1 heterocycles. The first-order valence-corrected chi connectivity index (χ1v) is 13.4. The van der Waals surface area contributed by atoms with Gasteiger partial charge in [0, 0.05) is 16.1 Å². The SMILES string of the molecule is CCN1CCC[C@]1(C)C(=O)Nc1ccc(Cl)cc1C(=N[C@@H](CC(=O)O)Cc1ccccc1)c1ccccc1. The number of halogens is 1. The van der Waals surface area contributed by atoms with Crippen LogP contribution >= 0.6 is 11.6 Å². The highest BCUT2D eigenvalue weighted by Crippen LogP contribution is 2.32. The van der Waals surface area contributed by atoms with Gasteiger partial charge in [0.15, 0.2) is 0 Å². The standard InChI is InChI=1S/C31H34ClN3O3/c1-3-35-18-10-17-31(35,2)30(38)34-27-16-15-24(32)20-26(27)29(23-13-8-5-9-14-23)33-25(21-28(36)37)19-22-11-6-4-7-12-22/h4-9,11-16,20,25H,3,10,17-19,21H2,1-2H3,(H,34,38)(H,36,37)/t25-,31-/m1/s1. The fraction of sp³-hybridized carbons (Fsp3) is 0.323. The van der Waals surface area contributed by atoms with Gasteiger partial charge in [-0.15, -0.1) is 0 Å². The van der Waals surface area contributed by atoms with E-state index in [2.05, 4.69) is 17.1 Å². The summed E-state index contributed by atoms with van der Waals surface area (Å²) in [7, 11) is 0. The Morgan fingerprint density at radius 1 is 1.08 bits per heavy atom.